The van der Waals surface area contributed by atoms with E-state index >= 15 is 0 Å². The van der Waals surface area contributed by atoms with Gasteiger partial charge >= 0.3 is 5.97 Å². The van der Waals surface area contributed by atoms with E-state index in [4.69, 9.17) is 10.5 Å². The van der Waals surface area contributed by atoms with E-state index in [1.165, 1.54) is 4.90 Å². The van der Waals surface area contributed by atoms with Gasteiger partial charge in [0.15, 0.2) is 5.69 Å². The number of hydrogen-bond donors (Lipinski definition) is 2. The van der Waals surface area contributed by atoms with Gasteiger partial charge in [0, 0.05) is 13.6 Å². The van der Waals surface area contributed by atoms with Crippen LogP contribution in [0, 0.1) is 0 Å². The first-order valence-electron chi connectivity index (χ1n) is 6.75. The number of aryl methyl sites for hydroxylation is 1. The van der Waals surface area contributed by atoms with Gasteiger partial charge in [-0.15, -0.1) is 0 Å². The van der Waals surface area contributed by atoms with Gasteiger partial charge in [-0.05, 0) is 13.3 Å². The summed E-state index contributed by atoms with van der Waals surface area (Å²) in [4.78, 5) is 24.8. The minimum absolute atomic E-state index is 0.155. The zero-order valence-electron chi connectivity index (χ0n) is 12.2. The van der Waals surface area contributed by atoms with Gasteiger partial charge in [0.25, 0.3) is 5.91 Å². The molecular weight excluding hydrogens is 260 g/mol. The summed E-state index contributed by atoms with van der Waals surface area (Å²) < 4.78 is 4.81. The Morgan fingerprint density at radius 2 is 2.10 bits per heavy atom. The molecule has 7 heteroatoms. The summed E-state index contributed by atoms with van der Waals surface area (Å²) >= 11 is 0. The molecule has 1 amide bonds. The molecule has 112 valence electrons. The second-order valence-electron chi connectivity index (χ2n) is 4.50. The highest BCUT2D eigenvalue weighted by atomic mass is 16.5. The lowest BCUT2D eigenvalue weighted by atomic mass is 10.2. The largest absolute Gasteiger partial charge is 0.466 e. The zero-order chi connectivity index (χ0) is 15.1. The molecule has 0 bridgehead atoms. The molecule has 0 aliphatic carbocycles. The molecule has 0 atom stereocenters. The number of esters is 1. The number of nitrogen functional groups attached to an aromatic ring is 1. The van der Waals surface area contributed by atoms with Gasteiger partial charge in [-0.1, -0.05) is 13.3 Å². The van der Waals surface area contributed by atoms with Crippen LogP contribution >= 0.6 is 0 Å². The average molecular weight is 282 g/mol. The van der Waals surface area contributed by atoms with Crippen LogP contribution in [0.15, 0.2) is 0 Å². The number of carbonyl (C=O) groups is 2. The molecule has 0 radical (unpaired) electrons. The van der Waals surface area contributed by atoms with E-state index in [-0.39, 0.29) is 30.5 Å². The summed E-state index contributed by atoms with van der Waals surface area (Å²) in [6.45, 7) is 4.37. The minimum atomic E-state index is -0.325. The zero-order valence-corrected chi connectivity index (χ0v) is 12.2. The molecule has 1 rings (SSSR count). The molecule has 0 aliphatic heterocycles. The van der Waals surface area contributed by atoms with Crippen molar-refractivity contribution in [3.05, 3.63) is 11.4 Å². The van der Waals surface area contributed by atoms with Gasteiger partial charge in [0.2, 0.25) is 0 Å². The molecule has 0 saturated carbocycles. The van der Waals surface area contributed by atoms with Crippen LogP contribution in [-0.4, -0.2) is 47.2 Å². The van der Waals surface area contributed by atoms with Gasteiger partial charge in [0.1, 0.15) is 0 Å². The highest BCUT2D eigenvalue weighted by Crippen LogP contribution is 2.17. The second-order valence-corrected chi connectivity index (χ2v) is 4.50. The predicted octanol–water partition coefficient (Wildman–Crippen LogP) is 0.970. The van der Waals surface area contributed by atoms with Crippen LogP contribution in [0.4, 0.5) is 5.69 Å². The fourth-order valence-corrected chi connectivity index (χ4v) is 1.76. The van der Waals surface area contributed by atoms with Crippen molar-refractivity contribution >= 4 is 17.6 Å². The number of nitrogens with zero attached hydrogens (tertiary/aromatic N) is 2. The first-order chi connectivity index (χ1) is 9.51. The maximum atomic E-state index is 12.2. The van der Waals surface area contributed by atoms with Gasteiger partial charge in [0.05, 0.1) is 24.4 Å². The van der Waals surface area contributed by atoms with E-state index < -0.39 is 0 Å². The minimum Gasteiger partial charge on any atom is -0.466 e. The lowest BCUT2D eigenvalue weighted by molar-refractivity contribution is -0.143. The van der Waals surface area contributed by atoms with E-state index in [9.17, 15) is 9.59 Å². The number of aromatic amines is 1. The monoisotopic (exact) mass is 282 g/mol. The third kappa shape index (κ3) is 3.97. The van der Waals surface area contributed by atoms with Crippen LogP contribution in [0.2, 0.25) is 0 Å². The molecule has 0 unspecified atom stereocenters. The SMILES string of the molecule is CCCc1[nH]nc(C(=O)N(C)CCC(=O)OCC)c1N. The summed E-state index contributed by atoms with van der Waals surface area (Å²) in [7, 11) is 1.61. The molecule has 0 saturated heterocycles. The molecule has 3 N–H and O–H groups in total. The van der Waals surface area contributed by atoms with Crippen molar-refractivity contribution in [3.63, 3.8) is 0 Å². The standard InChI is InChI=1S/C13H22N4O3/c1-4-6-9-11(14)12(16-15-9)13(19)17(3)8-7-10(18)20-5-2/h4-8,14H2,1-3H3,(H,15,16). The van der Waals surface area contributed by atoms with Crippen LogP contribution < -0.4 is 5.73 Å². The fraction of sp³-hybridized carbons (Fsp3) is 0.615. The van der Waals surface area contributed by atoms with Gasteiger partial charge in [-0.25, -0.2) is 0 Å². The third-order valence-electron chi connectivity index (χ3n) is 2.89. The lowest BCUT2D eigenvalue weighted by Crippen LogP contribution is -2.30. The smallest absolute Gasteiger partial charge is 0.307 e. The Morgan fingerprint density at radius 1 is 1.40 bits per heavy atom. The summed E-state index contributed by atoms with van der Waals surface area (Å²) in [5, 5.41) is 6.74. The first-order valence-corrected chi connectivity index (χ1v) is 6.75. The number of nitrogens with one attached hydrogen (secondary N) is 1. The van der Waals surface area contributed by atoms with Crippen molar-refractivity contribution in [2.75, 3.05) is 25.9 Å². The molecule has 0 aromatic carbocycles. The Morgan fingerprint density at radius 3 is 2.70 bits per heavy atom. The van der Waals surface area contributed by atoms with Gasteiger partial charge < -0.3 is 15.4 Å². The maximum absolute atomic E-state index is 12.2. The molecule has 0 aliphatic rings. The lowest BCUT2D eigenvalue weighted by Gasteiger charge is -2.15. The van der Waals surface area contributed by atoms with Crippen molar-refractivity contribution in [2.45, 2.75) is 33.1 Å². The number of amides is 1. The van der Waals surface area contributed by atoms with Crippen LogP contribution in [0.3, 0.4) is 0 Å². The Kier molecular flexibility index (Phi) is 6.02. The van der Waals surface area contributed by atoms with Crippen molar-refractivity contribution in [2.24, 2.45) is 0 Å². The topological polar surface area (TPSA) is 101 Å². The van der Waals surface area contributed by atoms with Crippen molar-refractivity contribution in [1.82, 2.24) is 15.1 Å². The predicted molar refractivity (Wildman–Crippen MR) is 75.2 cm³/mol. The molecule has 0 spiro atoms. The number of anilines is 1. The maximum Gasteiger partial charge on any atom is 0.307 e. The summed E-state index contributed by atoms with van der Waals surface area (Å²) in [6, 6.07) is 0. The van der Waals surface area contributed by atoms with Crippen LogP contribution in [0.25, 0.3) is 0 Å². The van der Waals surface area contributed by atoms with Crippen molar-refractivity contribution in [1.29, 1.82) is 0 Å². The summed E-state index contributed by atoms with van der Waals surface area (Å²) in [6.07, 6.45) is 1.82. The number of aromatic nitrogens is 2. The Labute approximate surface area is 118 Å². The van der Waals surface area contributed by atoms with E-state index in [0.717, 1.165) is 18.5 Å². The molecule has 1 heterocycles. The van der Waals surface area contributed by atoms with Crippen LogP contribution in [-0.2, 0) is 16.0 Å². The van der Waals surface area contributed by atoms with Crippen LogP contribution in [0.5, 0.6) is 0 Å². The van der Waals surface area contributed by atoms with Crippen molar-refractivity contribution < 1.29 is 14.3 Å². The van der Waals surface area contributed by atoms with E-state index in [1.807, 2.05) is 6.92 Å². The summed E-state index contributed by atoms with van der Waals surface area (Å²) in [5.41, 5.74) is 7.27. The number of ether oxygens (including phenoxy) is 1. The molecule has 20 heavy (non-hydrogen) atoms. The molecule has 1 aromatic rings. The van der Waals surface area contributed by atoms with E-state index in [1.54, 1.807) is 14.0 Å². The van der Waals surface area contributed by atoms with E-state index in [2.05, 4.69) is 10.2 Å². The summed E-state index contributed by atoms with van der Waals surface area (Å²) in [5.74, 6) is -0.626. The quantitative estimate of drug-likeness (QED) is 0.726. The highest BCUT2D eigenvalue weighted by Gasteiger charge is 2.20. The number of carbonyl (C=O) groups excluding carboxylic acids is 2. The van der Waals surface area contributed by atoms with Gasteiger partial charge in [-0.3, -0.25) is 14.7 Å². The average Bonchev–Trinajstić information content (AvgIpc) is 2.77. The Bertz CT molecular complexity index is 470. The number of H-pyrrole nitrogens is 1. The number of nitrogens with two attached hydrogens (primary N) is 1. The van der Waals surface area contributed by atoms with Gasteiger partial charge in [-0.2, -0.15) is 5.10 Å². The molecular formula is C13H22N4O3. The second kappa shape index (κ2) is 7.52. The number of rotatable bonds is 7. The van der Waals surface area contributed by atoms with E-state index in [0.29, 0.717) is 12.3 Å². The highest BCUT2D eigenvalue weighted by molar-refractivity contribution is 5.97. The molecule has 1 aromatic heterocycles. The molecule has 0 fully saturated rings. The molecule has 7 nitrogen and oxygen atoms in total. The third-order valence-corrected chi connectivity index (χ3v) is 2.89. The van der Waals surface area contributed by atoms with Crippen molar-refractivity contribution in [3.8, 4) is 0 Å². The number of hydrogen-bond acceptors (Lipinski definition) is 5. The first kappa shape index (κ1) is 16.0. The Balaban J connectivity index is 2.62. The fourth-order valence-electron chi connectivity index (χ4n) is 1.76. The van der Waals surface area contributed by atoms with Crippen LogP contribution in [0.1, 0.15) is 42.9 Å². The normalized spacial score (nSPS) is 10.3. The Hall–Kier alpha value is -2.05.